The van der Waals surface area contributed by atoms with Gasteiger partial charge in [-0.3, -0.25) is 0 Å². The molecule has 1 aliphatic rings. The molecule has 0 amide bonds. The van der Waals surface area contributed by atoms with Crippen LogP contribution in [0.1, 0.15) is 12.0 Å². The molecule has 0 spiro atoms. The Morgan fingerprint density at radius 1 is 1.13 bits per heavy atom. The first-order valence-electron chi connectivity index (χ1n) is 4.79. The van der Waals surface area contributed by atoms with Crippen LogP contribution in [0.2, 0.25) is 0 Å². The van der Waals surface area contributed by atoms with Crippen molar-refractivity contribution in [2.24, 2.45) is 0 Å². The molecule has 0 radical (unpaired) electrons. The summed E-state index contributed by atoms with van der Waals surface area (Å²) in [5.41, 5.74) is 2.25. The van der Waals surface area contributed by atoms with E-state index in [1.54, 1.807) is 14.2 Å². The molecule has 0 aliphatic carbocycles. The largest absolute Gasteiger partial charge is 0.493 e. The second kappa shape index (κ2) is 4.06. The minimum absolute atomic E-state index is 0.730. The zero-order chi connectivity index (χ0) is 10.8. The molecule has 0 saturated carbocycles. The second-order valence-electron chi connectivity index (χ2n) is 3.41. The number of hydrogen-bond acceptors (Lipinski definition) is 3. The van der Waals surface area contributed by atoms with Gasteiger partial charge in [-0.15, -0.1) is 0 Å². The highest BCUT2D eigenvalue weighted by Gasteiger charge is 2.16. The van der Waals surface area contributed by atoms with Crippen molar-refractivity contribution < 1.29 is 9.47 Å². The molecule has 0 atom stereocenters. The Labute approximate surface area is 94.4 Å². The lowest BCUT2D eigenvalue weighted by molar-refractivity contribution is 0.354. The van der Waals surface area contributed by atoms with Crippen LogP contribution in [0, 0.1) is 0 Å². The van der Waals surface area contributed by atoms with E-state index in [4.69, 9.17) is 21.7 Å². The Balaban J connectivity index is 2.45. The summed E-state index contributed by atoms with van der Waals surface area (Å²) < 4.78 is 10.5. The van der Waals surface area contributed by atoms with Crippen molar-refractivity contribution in [2.45, 2.75) is 12.8 Å². The predicted octanol–water partition coefficient (Wildman–Crippen LogP) is 2.39. The molecule has 0 bridgehead atoms. The van der Waals surface area contributed by atoms with Gasteiger partial charge in [-0.05, 0) is 18.1 Å². The third-order valence-electron chi connectivity index (χ3n) is 2.50. The number of anilines is 1. The molecule has 2 rings (SSSR count). The van der Waals surface area contributed by atoms with Gasteiger partial charge in [0.2, 0.25) is 0 Å². The fraction of sp³-hybridized carbons (Fsp3) is 0.364. The van der Waals surface area contributed by atoms with E-state index in [0.717, 1.165) is 35.0 Å². The summed E-state index contributed by atoms with van der Waals surface area (Å²) in [6.07, 6.45) is 1.86. The summed E-state index contributed by atoms with van der Waals surface area (Å²) in [6, 6.07) is 3.93. The average molecular weight is 223 g/mol. The number of rotatable bonds is 2. The lowest BCUT2D eigenvalue weighted by atomic mass is 10.0. The fourth-order valence-electron chi connectivity index (χ4n) is 1.71. The predicted molar refractivity (Wildman–Crippen MR) is 64.1 cm³/mol. The molecule has 4 heteroatoms. The summed E-state index contributed by atoms with van der Waals surface area (Å²) in [5.74, 6) is 1.50. The molecule has 1 aliphatic heterocycles. The molecular formula is C11H13NO2S. The maximum absolute atomic E-state index is 5.24. The van der Waals surface area contributed by atoms with Crippen molar-refractivity contribution in [3.8, 4) is 11.5 Å². The quantitative estimate of drug-likeness (QED) is 0.780. The van der Waals surface area contributed by atoms with Crippen LogP contribution in [0.25, 0.3) is 0 Å². The Hall–Kier alpha value is -1.29. The van der Waals surface area contributed by atoms with Gasteiger partial charge < -0.3 is 14.8 Å². The molecular weight excluding hydrogens is 210 g/mol. The third kappa shape index (κ3) is 1.90. The van der Waals surface area contributed by atoms with Gasteiger partial charge in [-0.2, -0.15) is 0 Å². The van der Waals surface area contributed by atoms with Crippen molar-refractivity contribution >= 4 is 22.9 Å². The molecule has 1 aromatic carbocycles. The van der Waals surface area contributed by atoms with E-state index in [0.29, 0.717) is 0 Å². The van der Waals surface area contributed by atoms with Crippen LogP contribution < -0.4 is 14.8 Å². The van der Waals surface area contributed by atoms with Crippen LogP contribution in [0.15, 0.2) is 12.1 Å². The van der Waals surface area contributed by atoms with Crippen LogP contribution in [0.4, 0.5) is 5.69 Å². The van der Waals surface area contributed by atoms with Crippen LogP contribution in [0.5, 0.6) is 11.5 Å². The monoisotopic (exact) mass is 223 g/mol. The molecule has 0 aromatic heterocycles. The molecule has 0 unspecified atom stereocenters. The maximum atomic E-state index is 5.24. The van der Waals surface area contributed by atoms with Crippen LogP contribution in [0.3, 0.4) is 0 Å². The zero-order valence-electron chi connectivity index (χ0n) is 8.79. The highest BCUT2D eigenvalue weighted by Crippen LogP contribution is 2.35. The number of methoxy groups -OCH3 is 2. The summed E-state index contributed by atoms with van der Waals surface area (Å²) >= 11 is 5.14. The van der Waals surface area contributed by atoms with E-state index >= 15 is 0 Å². The normalized spacial score (nSPS) is 14.1. The smallest absolute Gasteiger partial charge is 0.162 e. The summed E-state index contributed by atoms with van der Waals surface area (Å²) in [4.78, 5) is 0.884. The second-order valence-corrected chi connectivity index (χ2v) is 3.91. The van der Waals surface area contributed by atoms with Gasteiger partial charge in [0.15, 0.2) is 11.5 Å². The summed E-state index contributed by atoms with van der Waals surface area (Å²) in [6.45, 7) is 0. The maximum Gasteiger partial charge on any atom is 0.162 e. The molecule has 0 fully saturated rings. The standard InChI is InChI=1S/C11H13NO2S/c1-13-9-5-7-3-4-11(15)12-8(7)6-10(9)14-2/h5-6H,3-4H2,1-2H3,(H,12,15). The first-order valence-corrected chi connectivity index (χ1v) is 5.20. The van der Waals surface area contributed by atoms with E-state index in [-0.39, 0.29) is 0 Å². The van der Waals surface area contributed by atoms with Gasteiger partial charge in [0.05, 0.1) is 19.2 Å². The van der Waals surface area contributed by atoms with Crippen LogP contribution in [-0.2, 0) is 6.42 Å². The van der Waals surface area contributed by atoms with Gasteiger partial charge in [0, 0.05) is 18.2 Å². The van der Waals surface area contributed by atoms with Gasteiger partial charge >= 0.3 is 0 Å². The number of benzene rings is 1. The molecule has 80 valence electrons. The van der Waals surface area contributed by atoms with Gasteiger partial charge in [0.25, 0.3) is 0 Å². The number of nitrogens with one attached hydrogen (secondary N) is 1. The van der Waals surface area contributed by atoms with Crippen LogP contribution >= 0.6 is 12.2 Å². The van der Waals surface area contributed by atoms with Gasteiger partial charge in [-0.25, -0.2) is 0 Å². The minimum atomic E-state index is 0.730. The SMILES string of the molecule is COc1cc2c(cc1OC)NC(=S)CC2. The van der Waals surface area contributed by atoms with E-state index in [2.05, 4.69) is 5.32 Å². The summed E-state index contributed by atoms with van der Waals surface area (Å²) in [7, 11) is 3.27. The van der Waals surface area contributed by atoms with Gasteiger partial charge in [-0.1, -0.05) is 12.2 Å². The molecule has 1 N–H and O–H groups in total. The highest BCUT2D eigenvalue weighted by molar-refractivity contribution is 7.80. The number of hydrogen-bond donors (Lipinski definition) is 1. The number of aryl methyl sites for hydroxylation is 1. The van der Waals surface area contributed by atoms with Crippen molar-refractivity contribution in [3.05, 3.63) is 17.7 Å². The third-order valence-corrected chi connectivity index (χ3v) is 2.81. The zero-order valence-corrected chi connectivity index (χ0v) is 9.61. The molecule has 3 nitrogen and oxygen atoms in total. The van der Waals surface area contributed by atoms with Crippen molar-refractivity contribution in [1.82, 2.24) is 0 Å². The number of ether oxygens (including phenoxy) is 2. The van der Waals surface area contributed by atoms with E-state index in [1.165, 1.54) is 5.56 Å². The Bertz CT molecular complexity index is 404. The van der Waals surface area contributed by atoms with E-state index in [9.17, 15) is 0 Å². The van der Waals surface area contributed by atoms with Gasteiger partial charge in [0.1, 0.15) is 0 Å². The Morgan fingerprint density at radius 3 is 2.47 bits per heavy atom. The molecule has 1 heterocycles. The minimum Gasteiger partial charge on any atom is -0.493 e. The van der Waals surface area contributed by atoms with Crippen LogP contribution in [-0.4, -0.2) is 19.2 Å². The first kappa shape index (κ1) is 10.2. The molecule has 0 saturated heterocycles. The lowest BCUT2D eigenvalue weighted by Crippen LogP contribution is -2.17. The number of thiocarbonyl (C=S) groups is 1. The number of fused-ring (bicyclic) bond motifs is 1. The van der Waals surface area contributed by atoms with E-state index < -0.39 is 0 Å². The van der Waals surface area contributed by atoms with Crippen molar-refractivity contribution in [1.29, 1.82) is 0 Å². The molecule has 15 heavy (non-hydrogen) atoms. The Kier molecular flexibility index (Phi) is 2.77. The fourth-order valence-corrected chi connectivity index (χ4v) is 1.92. The first-order chi connectivity index (χ1) is 7.24. The Morgan fingerprint density at radius 2 is 1.80 bits per heavy atom. The topological polar surface area (TPSA) is 30.5 Å². The average Bonchev–Trinajstić information content (AvgIpc) is 2.27. The van der Waals surface area contributed by atoms with E-state index in [1.807, 2.05) is 12.1 Å². The highest BCUT2D eigenvalue weighted by atomic mass is 32.1. The summed E-state index contributed by atoms with van der Waals surface area (Å²) in [5, 5.41) is 3.18. The van der Waals surface area contributed by atoms with Crippen molar-refractivity contribution in [3.63, 3.8) is 0 Å². The molecule has 1 aromatic rings. The lowest BCUT2D eigenvalue weighted by Gasteiger charge is -2.20. The van der Waals surface area contributed by atoms with Crippen molar-refractivity contribution in [2.75, 3.05) is 19.5 Å².